The van der Waals surface area contributed by atoms with Crippen LogP contribution in [0.4, 0.5) is 11.4 Å². The fraction of sp³-hybridized carbons (Fsp3) is 0.346. The van der Waals surface area contributed by atoms with E-state index in [0.29, 0.717) is 13.0 Å². The molecule has 2 aliphatic rings. The molecule has 0 aliphatic carbocycles. The molecule has 2 atom stereocenters. The van der Waals surface area contributed by atoms with Crippen molar-refractivity contribution in [2.45, 2.75) is 25.4 Å². The Hall–Kier alpha value is -2.94. The number of amides is 1. The van der Waals surface area contributed by atoms with E-state index in [2.05, 4.69) is 21.2 Å². The van der Waals surface area contributed by atoms with Crippen molar-refractivity contribution >= 4 is 40.2 Å². The highest BCUT2D eigenvalue weighted by Crippen LogP contribution is 2.38. The average molecular weight is 511 g/mol. The molecule has 2 aromatic carbocycles. The van der Waals surface area contributed by atoms with Crippen LogP contribution in [0.5, 0.6) is 0 Å². The van der Waals surface area contributed by atoms with Crippen LogP contribution in [0.25, 0.3) is 0 Å². The van der Waals surface area contributed by atoms with Gasteiger partial charge in [-0.05, 0) is 53.6 Å². The summed E-state index contributed by atoms with van der Waals surface area (Å²) in [6.45, 7) is 3.74. The lowest BCUT2D eigenvalue weighted by Gasteiger charge is -2.49. The molecule has 1 amide bonds. The second kappa shape index (κ2) is 10.4. The number of benzene rings is 2. The van der Waals surface area contributed by atoms with Crippen molar-refractivity contribution in [3.8, 4) is 0 Å². The quantitative estimate of drug-likeness (QED) is 0.373. The summed E-state index contributed by atoms with van der Waals surface area (Å²) in [5.74, 6) is -0.261. The van der Waals surface area contributed by atoms with Crippen LogP contribution in [0.3, 0.4) is 0 Å². The van der Waals surface area contributed by atoms with Crippen molar-refractivity contribution in [3.63, 3.8) is 0 Å². The number of nitro groups is 1. The summed E-state index contributed by atoms with van der Waals surface area (Å²) in [7, 11) is 0. The number of nitrogens with one attached hydrogen (secondary N) is 1. The molecule has 1 fully saturated rings. The van der Waals surface area contributed by atoms with E-state index in [9.17, 15) is 14.9 Å². The standard InChI is InChI=1S/C26H27ClN4O3S/c27-20-5-3-18(4-6-20)16-29-11-12-30-24-8-7-21(31(33)34)14-19(24)15-23(25(30)17-29)26(32)28-10-9-22-2-1-13-35-22/h1-8,13-14,23,25H,9-12,15-17H2,(H,28,32). The number of nitrogens with zero attached hydrogens (tertiary/aromatic N) is 3. The maximum Gasteiger partial charge on any atom is 0.269 e. The van der Waals surface area contributed by atoms with Gasteiger partial charge in [0.05, 0.1) is 16.9 Å². The minimum absolute atomic E-state index is 0.00624. The number of rotatable bonds is 7. The van der Waals surface area contributed by atoms with Crippen LogP contribution in [0.1, 0.15) is 16.0 Å². The SMILES string of the molecule is O=C(NCCc1cccs1)C1Cc2cc([N+](=O)[O-])ccc2N2CCN(Cc3ccc(Cl)cc3)CC12. The van der Waals surface area contributed by atoms with Crippen LogP contribution in [-0.2, 0) is 24.2 Å². The average Bonchev–Trinajstić information content (AvgIpc) is 3.38. The molecule has 9 heteroatoms. The Bertz CT molecular complexity index is 1200. The second-order valence-corrected chi connectivity index (χ2v) is 10.6. The molecule has 7 nitrogen and oxygen atoms in total. The summed E-state index contributed by atoms with van der Waals surface area (Å²) in [5, 5.41) is 17.3. The van der Waals surface area contributed by atoms with Gasteiger partial charge in [0.2, 0.25) is 5.91 Å². The van der Waals surface area contributed by atoms with Gasteiger partial charge in [-0.2, -0.15) is 0 Å². The van der Waals surface area contributed by atoms with Crippen LogP contribution in [-0.4, -0.2) is 48.0 Å². The second-order valence-electron chi connectivity index (χ2n) is 9.12. The number of thiophene rings is 1. The lowest BCUT2D eigenvalue weighted by atomic mass is 9.83. The van der Waals surface area contributed by atoms with Gasteiger partial charge in [-0.25, -0.2) is 0 Å². The van der Waals surface area contributed by atoms with Crippen molar-refractivity contribution in [2.24, 2.45) is 5.92 Å². The number of piperazine rings is 1. The number of carbonyl (C=O) groups excluding carboxylic acids is 1. The Morgan fingerprint density at radius 1 is 1.17 bits per heavy atom. The molecule has 2 unspecified atom stereocenters. The number of hydrogen-bond acceptors (Lipinski definition) is 6. The first-order valence-electron chi connectivity index (χ1n) is 11.8. The van der Waals surface area contributed by atoms with Gasteiger partial charge < -0.3 is 10.2 Å². The molecule has 0 spiro atoms. The molecule has 35 heavy (non-hydrogen) atoms. The molecule has 1 aromatic heterocycles. The Morgan fingerprint density at radius 2 is 2.00 bits per heavy atom. The summed E-state index contributed by atoms with van der Waals surface area (Å²) < 4.78 is 0. The molecule has 1 saturated heterocycles. The van der Waals surface area contributed by atoms with E-state index < -0.39 is 0 Å². The topological polar surface area (TPSA) is 78.7 Å². The van der Waals surface area contributed by atoms with Gasteiger partial charge in [-0.15, -0.1) is 11.3 Å². The van der Waals surface area contributed by atoms with Crippen LogP contribution in [0, 0.1) is 16.0 Å². The van der Waals surface area contributed by atoms with Crippen LogP contribution < -0.4 is 10.2 Å². The van der Waals surface area contributed by atoms with Crippen molar-refractivity contribution in [3.05, 3.63) is 91.1 Å². The molecule has 5 rings (SSSR count). The monoisotopic (exact) mass is 510 g/mol. The molecular weight excluding hydrogens is 484 g/mol. The van der Waals surface area contributed by atoms with Crippen molar-refractivity contribution in [1.82, 2.24) is 10.2 Å². The molecule has 3 heterocycles. The van der Waals surface area contributed by atoms with E-state index in [1.54, 1.807) is 23.5 Å². The number of anilines is 1. The number of halogens is 1. The molecule has 2 aliphatic heterocycles. The summed E-state index contributed by atoms with van der Waals surface area (Å²) in [6, 6.07) is 17.0. The molecule has 182 valence electrons. The lowest BCUT2D eigenvalue weighted by molar-refractivity contribution is -0.384. The van der Waals surface area contributed by atoms with Crippen LogP contribution >= 0.6 is 22.9 Å². The Kier molecular flexibility index (Phi) is 7.04. The first-order chi connectivity index (χ1) is 17.0. The summed E-state index contributed by atoms with van der Waals surface area (Å²) in [6.07, 6.45) is 1.30. The number of fused-ring (bicyclic) bond motifs is 3. The van der Waals surface area contributed by atoms with Crippen LogP contribution in [0.2, 0.25) is 5.02 Å². The highest BCUT2D eigenvalue weighted by Gasteiger charge is 2.41. The Balaban J connectivity index is 1.35. The highest BCUT2D eigenvalue weighted by atomic mass is 35.5. The first kappa shape index (κ1) is 23.8. The maximum atomic E-state index is 13.4. The third kappa shape index (κ3) is 5.34. The van der Waals surface area contributed by atoms with Gasteiger partial charge >= 0.3 is 0 Å². The predicted molar refractivity (Wildman–Crippen MR) is 139 cm³/mol. The third-order valence-electron chi connectivity index (χ3n) is 6.90. The molecule has 0 bridgehead atoms. The fourth-order valence-corrected chi connectivity index (χ4v) is 6.00. The summed E-state index contributed by atoms with van der Waals surface area (Å²) in [5.41, 5.74) is 3.14. The highest BCUT2D eigenvalue weighted by molar-refractivity contribution is 7.09. The van der Waals surface area contributed by atoms with Gasteiger partial charge in [0, 0.05) is 60.4 Å². The van der Waals surface area contributed by atoms with Crippen molar-refractivity contribution in [1.29, 1.82) is 0 Å². The van der Waals surface area contributed by atoms with E-state index >= 15 is 0 Å². The first-order valence-corrected chi connectivity index (χ1v) is 13.0. The van der Waals surface area contributed by atoms with Gasteiger partial charge in [0.1, 0.15) is 0 Å². The van der Waals surface area contributed by atoms with Gasteiger partial charge in [-0.1, -0.05) is 29.8 Å². The zero-order valence-corrected chi connectivity index (χ0v) is 20.8. The van der Waals surface area contributed by atoms with Gasteiger partial charge in [-0.3, -0.25) is 19.8 Å². The van der Waals surface area contributed by atoms with Gasteiger partial charge in [0.15, 0.2) is 0 Å². The van der Waals surface area contributed by atoms with Crippen LogP contribution in [0.15, 0.2) is 60.0 Å². The van der Waals surface area contributed by atoms with E-state index in [-0.39, 0.29) is 28.5 Å². The minimum Gasteiger partial charge on any atom is -0.365 e. The smallest absolute Gasteiger partial charge is 0.269 e. The Labute approximate surface area is 213 Å². The normalized spacial score (nSPS) is 19.6. The summed E-state index contributed by atoms with van der Waals surface area (Å²) >= 11 is 7.73. The van der Waals surface area contributed by atoms with Crippen molar-refractivity contribution < 1.29 is 9.72 Å². The molecule has 3 aromatic rings. The molecular formula is C26H27ClN4O3S. The summed E-state index contributed by atoms with van der Waals surface area (Å²) in [4.78, 5) is 30.3. The lowest BCUT2D eigenvalue weighted by Crippen LogP contribution is -2.61. The number of non-ortho nitro benzene ring substituents is 1. The fourth-order valence-electron chi connectivity index (χ4n) is 5.17. The maximum absolute atomic E-state index is 13.4. The number of nitro benzene ring substituents is 1. The number of carbonyl (C=O) groups is 1. The van der Waals surface area contributed by atoms with E-state index in [1.165, 1.54) is 10.4 Å². The zero-order valence-electron chi connectivity index (χ0n) is 19.2. The van der Waals surface area contributed by atoms with E-state index in [0.717, 1.165) is 48.9 Å². The van der Waals surface area contributed by atoms with Gasteiger partial charge in [0.25, 0.3) is 5.69 Å². The Morgan fingerprint density at radius 3 is 2.74 bits per heavy atom. The molecule has 1 N–H and O–H groups in total. The predicted octanol–water partition coefficient (Wildman–Crippen LogP) is 4.53. The van der Waals surface area contributed by atoms with E-state index in [4.69, 9.17) is 11.6 Å². The minimum atomic E-state index is -0.369. The third-order valence-corrected chi connectivity index (χ3v) is 8.09. The molecule has 0 radical (unpaired) electrons. The zero-order chi connectivity index (χ0) is 24.4. The molecule has 0 saturated carbocycles. The number of hydrogen-bond donors (Lipinski definition) is 1. The van der Waals surface area contributed by atoms with Crippen molar-refractivity contribution in [2.75, 3.05) is 31.1 Å². The largest absolute Gasteiger partial charge is 0.365 e. The van der Waals surface area contributed by atoms with E-state index in [1.807, 2.05) is 41.8 Å².